The highest BCUT2D eigenvalue weighted by Crippen LogP contribution is 2.37. The van der Waals surface area contributed by atoms with Crippen molar-refractivity contribution in [1.82, 2.24) is 9.21 Å². The molecule has 0 spiro atoms. The summed E-state index contributed by atoms with van der Waals surface area (Å²) >= 11 is 0. The number of rotatable bonds is 2. The van der Waals surface area contributed by atoms with Gasteiger partial charge in [-0.1, -0.05) is 0 Å². The second-order valence-electron chi connectivity index (χ2n) is 6.81. The average Bonchev–Trinajstić information content (AvgIpc) is 3.05. The molecule has 2 saturated heterocycles. The fraction of sp³-hybridized carbons (Fsp3) is 0.588. The zero-order valence-corrected chi connectivity index (χ0v) is 15.0. The maximum atomic E-state index is 13.2. The predicted octanol–water partition coefficient (Wildman–Crippen LogP) is 1.09. The van der Waals surface area contributed by atoms with E-state index in [1.165, 1.54) is 6.92 Å². The zero-order valence-electron chi connectivity index (χ0n) is 14.2. The number of carbonyl (C=O) groups excluding carboxylic acids is 1. The third-order valence-corrected chi connectivity index (χ3v) is 7.22. The fourth-order valence-corrected chi connectivity index (χ4v) is 5.75. The molecule has 0 aromatic heterocycles. The van der Waals surface area contributed by atoms with Crippen LogP contribution in [0.15, 0.2) is 23.1 Å². The van der Waals surface area contributed by atoms with Crippen LogP contribution < -0.4 is 9.47 Å². The van der Waals surface area contributed by atoms with Crippen molar-refractivity contribution in [3.05, 3.63) is 18.2 Å². The second-order valence-corrected chi connectivity index (χ2v) is 8.71. The van der Waals surface area contributed by atoms with E-state index < -0.39 is 10.0 Å². The summed E-state index contributed by atoms with van der Waals surface area (Å²) in [5.41, 5.74) is 0. The molecule has 3 aliphatic heterocycles. The number of carbonyl (C=O) groups is 1. The molecule has 0 unspecified atom stereocenters. The van der Waals surface area contributed by atoms with Crippen molar-refractivity contribution in [3.8, 4) is 11.5 Å². The van der Waals surface area contributed by atoms with Gasteiger partial charge in [-0.05, 0) is 30.9 Å². The van der Waals surface area contributed by atoms with Crippen LogP contribution in [0.2, 0.25) is 0 Å². The number of amides is 1. The van der Waals surface area contributed by atoms with Crippen molar-refractivity contribution in [2.45, 2.75) is 30.7 Å². The van der Waals surface area contributed by atoms with E-state index in [1.807, 2.05) is 0 Å². The van der Waals surface area contributed by atoms with Crippen molar-refractivity contribution < 1.29 is 22.7 Å². The number of hydrogen-bond donors (Lipinski definition) is 0. The molecule has 0 bridgehead atoms. The molecule has 0 aliphatic carbocycles. The number of likely N-dealkylation sites (tertiary alicyclic amines) is 1. The standard InChI is InChI=1S/C17H22N2O5S/c1-12(20)18-10-13-3-2-6-19(15(13)11-18)25(21,22)14-4-5-16-17(9-14)24-8-7-23-16/h4-5,9,13,15H,2-3,6-8,10-11H2,1H3/t13-,15+/m1/s1. The van der Waals surface area contributed by atoms with Gasteiger partial charge in [0.15, 0.2) is 11.5 Å². The molecule has 1 amide bonds. The number of hydrogen-bond acceptors (Lipinski definition) is 5. The van der Waals surface area contributed by atoms with Crippen LogP contribution in [0.25, 0.3) is 0 Å². The molecule has 0 saturated carbocycles. The lowest BCUT2D eigenvalue weighted by molar-refractivity contribution is -0.128. The lowest BCUT2D eigenvalue weighted by Crippen LogP contribution is -2.48. The average molecular weight is 366 g/mol. The summed E-state index contributed by atoms with van der Waals surface area (Å²) in [4.78, 5) is 13.7. The third-order valence-electron chi connectivity index (χ3n) is 5.30. The van der Waals surface area contributed by atoms with Crippen molar-refractivity contribution in [3.63, 3.8) is 0 Å². The molecule has 0 radical (unpaired) electrons. The first kappa shape index (κ1) is 16.7. The number of sulfonamides is 1. The number of fused-ring (bicyclic) bond motifs is 2. The third kappa shape index (κ3) is 2.87. The van der Waals surface area contributed by atoms with Gasteiger partial charge in [-0.3, -0.25) is 4.79 Å². The quantitative estimate of drug-likeness (QED) is 0.783. The molecule has 0 N–H and O–H groups in total. The molecule has 25 heavy (non-hydrogen) atoms. The van der Waals surface area contributed by atoms with Crippen molar-refractivity contribution in [2.75, 3.05) is 32.8 Å². The molecular formula is C17H22N2O5S. The Kier molecular flexibility index (Phi) is 4.11. The van der Waals surface area contributed by atoms with Crippen LogP contribution >= 0.6 is 0 Å². The summed E-state index contributed by atoms with van der Waals surface area (Å²) in [5, 5.41) is 0. The van der Waals surface area contributed by atoms with Gasteiger partial charge in [0.2, 0.25) is 15.9 Å². The topological polar surface area (TPSA) is 76.2 Å². The van der Waals surface area contributed by atoms with Gasteiger partial charge in [0.05, 0.1) is 4.90 Å². The Balaban J connectivity index is 1.64. The molecule has 3 aliphatic rings. The summed E-state index contributed by atoms with van der Waals surface area (Å²) in [6, 6.07) is 4.63. The van der Waals surface area contributed by atoms with Crippen molar-refractivity contribution >= 4 is 15.9 Å². The largest absolute Gasteiger partial charge is 0.486 e. The molecule has 1 aromatic carbocycles. The van der Waals surface area contributed by atoms with E-state index >= 15 is 0 Å². The molecule has 1 aromatic rings. The van der Waals surface area contributed by atoms with Crippen LogP contribution in [-0.4, -0.2) is 62.4 Å². The fourth-order valence-electron chi connectivity index (χ4n) is 4.01. The lowest BCUT2D eigenvalue weighted by Gasteiger charge is -2.35. The summed E-state index contributed by atoms with van der Waals surface area (Å²) < 4.78 is 39.0. The van der Waals surface area contributed by atoms with E-state index in [2.05, 4.69) is 0 Å². The molecule has 2 atom stereocenters. The van der Waals surface area contributed by atoms with Crippen molar-refractivity contribution in [1.29, 1.82) is 0 Å². The first-order chi connectivity index (χ1) is 12.0. The molecule has 2 fully saturated rings. The van der Waals surface area contributed by atoms with E-state index in [1.54, 1.807) is 27.4 Å². The Bertz CT molecular complexity index is 794. The van der Waals surface area contributed by atoms with Gasteiger partial charge in [0, 0.05) is 38.7 Å². The monoisotopic (exact) mass is 366 g/mol. The molecule has 4 rings (SSSR count). The van der Waals surface area contributed by atoms with Gasteiger partial charge < -0.3 is 14.4 Å². The van der Waals surface area contributed by atoms with Gasteiger partial charge in [-0.2, -0.15) is 4.31 Å². The first-order valence-electron chi connectivity index (χ1n) is 8.64. The van der Waals surface area contributed by atoms with Gasteiger partial charge in [-0.15, -0.1) is 0 Å². The SMILES string of the molecule is CC(=O)N1C[C@H]2CCCN(S(=O)(=O)c3ccc4c(c3)OCCO4)[C@H]2C1. The van der Waals surface area contributed by atoms with Gasteiger partial charge in [0.1, 0.15) is 13.2 Å². The van der Waals surface area contributed by atoms with Gasteiger partial charge in [0.25, 0.3) is 0 Å². The van der Waals surface area contributed by atoms with Gasteiger partial charge in [-0.25, -0.2) is 8.42 Å². The summed E-state index contributed by atoms with van der Waals surface area (Å²) in [6.07, 6.45) is 1.78. The van der Waals surface area contributed by atoms with E-state index in [0.29, 0.717) is 44.3 Å². The first-order valence-corrected chi connectivity index (χ1v) is 10.1. The summed E-state index contributed by atoms with van der Waals surface area (Å²) in [7, 11) is -3.64. The maximum Gasteiger partial charge on any atom is 0.243 e. The van der Waals surface area contributed by atoms with Gasteiger partial charge >= 0.3 is 0 Å². The molecule has 136 valence electrons. The number of benzene rings is 1. The Morgan fingerprint density at radius 2 is 1.92 bits per heavy atom. The number of ether oxygens (including phenoxy) is 2. The zero-order chi connectivity index (χ0) is 17.6. The molecule has 8 heteroatoms. The second kappa shape index (κ2) is 6.17. The highest BCUT2D eigenvalue weighted by molar-refractivity contribution is 7.89. The molecule has 3 heterocycles. The molecular weight excluding hydrogens is 344 g/mol. The predicted molar refractivity (Wildman–Crippen MR) is 90.1 cm³/mol. The molecule has 7 nitrogen and oxygen atoms in total. The van der Waals surface area contributed by atoms with E-state index in [-0.39, 0.29) is 22.8 Å². The minimum absolute atomic E-state index is 0.00563. The summed E-state index contributed by atoms with van der Waals surface area (Å²) in [6.45, 7) is 4.03. The highest BCUT2D eigenvalue weighted by atomic mass is 32.2. The van der Waals surface area contributed by atoms with E-state index in [0.717, 1.165) is 12.8 Å². The maximum absolute atomic E-state index is 13.2. The van der Waals surface area contributed by atoms with Crippen LogP contribution in [0.3, 0.4) is 0 Å². The Morgan fingerprint density at radius 3 is 2.68 bits per heavy atom. The Morgan fingerprint density at radius 1 is 1.16 bits per heavy atom. The van der Waals surface area contributed by atoms with Crippen molar-refractivity contribution in [2.24, 2.45) is 5.92 Å². The highest BCUT2D eigenvalue weighted by Gasteiger charge is 2.45. The number of piperidine rings is 1. The van der Waals surface area contributed by atoms with E-state index in [9.17, 15) is 13.2 Å². The van der Waals surface area contributed by atoms with Crippen LogP contribution in [0.1, 0.15) is 19.8 Å². The van der Waals surface area contributed by atoms with Crippen LogP contribution in [-0.2, 0) is 14.8 Å². The Hall–Kier alpha value is -1.80. The van der Waals surface area contributed by atoms with Crippen LogP contribution in [0.4, 0.5) is 0 Å². The number of nitrogens with zero attached hydrogens (tertiary/aromatic N) is 2. The smallest absolute Gasteiger partial charge is 0.243 e. The van der Waals surface area contributed by atoms with E-state index in [4.69, 9.17) is 9.47 Å². The van der Waals surface area contributed by atoms with Crippen LogP contribution in [0.5, 0.6) is 11.5 Å². The minimum atomic E-state index is -3.64. The Labute approximate surface area is 147 Å². The van der Waals surface area contributed by atoms with Crippen LogP contribution in [0, 0.1) is 5.92 Å². The minimum Gasteiger partial charge on any atom is -0.486 e. The normalized spacial score (nSPS) is 26.4. The lowest BCUT2D eigenvalue weighted by atomic mass is 9.94. The summed E-state index contributed by atoms with van der Waals surface area (Å²) in [5.74, 6) is 1.26.